The number of nitriles is 1. The Bertz CT molecular complexity index is 467. The number of nitrogens with one attached hydrogen (secondary N) is 1. The summed E-state index contributed by atoms with van der Waals surface area (Å²) in [4.78, 5) is 6.63. The molecule has 1 aromatic rings. The zero-order chi connectivity index (χ0) is 12.5. The average molecular weight is 242 g/mol. The minimum absolute atomic E-state index is 0.546. The van der Waals surface area contributed by atoms with Gasteiger partial charge in [-0.3, -0.25) is 0 Å². The quantitative estimate of drug-likeness (QED) is 0.857. The molecule has 94 valence electrons. The number of nitrogens with zero attached hydrogens (tertiary/aromatic N) is 3. The highest BCUT2D eigenvalue weighted by molar-refractivity contribution is 5.45. The molecule has 2 fully saturated rings. The van der Waals surface area contributed by atoms with Gasteiger partial charge >= 0.3 is 0 Å². The maximum Gasteiger partial charge on any atom is 0.129 e. The summed E-state index contributed by atoms with van der Waals surface area (Å²) in [6, 6.07) is 7.71. The molecule has 0 aliphatic carbocycles. The van der Waals surface area contributed by atoms with Gasteiger partial charge in [0.1, 0.15) is 5.82 Å². The van der Waals surface area contributed by atoms with Crippen molar-refractivity contribution in [2.75, 3.05) is 11.9 Å². The maximum atomic E-state index is 8.94. The summed E-state index contributed by atoms with van der Waals surface area (Å²) in [7, 11) is 2.10. The van der Waals surface area contributed by atoms with Crippen molar-refractivity contribution in [2.45, 2.75) is 43.8 Å². The lowest BCUT2D eigenvalue weighted by Crippen LogP contribution is -2.47. The Morgan fingerprint density at radius 2 is 2.11 bits per heavy atom. The molecule has 3 heterocycles. The first kappa shape index (κ1) is 11.5. The van der Waals surface area contributed by atoms with Gasteiger partial charge in [-0.2, -0.15) is 5.26 Å². The highest BCUT2D eigenvalue weighted by atomic mass is 15.2. The second-order valence-electron chi connectivity index (χ2n) is 5.39. The molecule has 1 N–H and O–H groups in total. The van der Waals surface area contributed by atoms with Crippen molar-refractivity contribution in [1.29, 1.82) is 5.26 Å². The molecule has 2 aliphatic heterocycles. The van der Waals surface area contributed by atoms with E-state index in [-0.39, 0.29) is 0 Å². The number of aromatic nitrogens is 1. The predicted octanol–water partition coefficient (Wildman–Crippen LogP) is 1.67. The number of hydrogen-bond acceptors (Lipinski definition) is 4. The van der Waals surface area contributed by atoms with E-state index >= 15 is 0 Å². The van der Waals surface area contributed by atoms with Gasteiger partial charge in [0.05, 0.1) is 11.6 Å². The van der Waals surface area contributed by atoms with E-state index in [1.165, 1.54) is 25.7 Å². The number of piperidine rings is 1. The lowest BCUT2D eigenvalue weighted by atomic mass is 9.98. The van der Waals surface area contributed by atoms with Crippen LogP contribution in [0.15, 0.2) is 18.3 Å². The Balaban J connectivity index is 1.77. The molecule has 2 unspecified atom stereocenters. The van der Waals surface area contributed by atoms with Gasteiger partial charge in [0.15, 0.2) is 0 Å². The van der Waals surface area contributed by atoms with E-state index in [1.807, 2.05) is 6.07 Å². The van der Waals surface area contributed by atoms with Gasteiger partial charge in [-0.15, -0.1) is 0 Å². The van der Waals surface area contributed by atoms with Crippen LogP contribution in [0.2, 0.25) is 0 Å². The Morgan fingerprint density at radius 3 is 2.78 bits per heavy atom. The normalized spacial score (nSPS) is 29.9. The molecular formula is C14H18N4. The summed E-state index contributed by atoms with van der Waals surface area (Å²) in [6.45, 7) is 0. The van der Waals surface area contributed by atoms with Crippen molar-refractivity contribution in [3.05, 3.63) is 23.9 Å². The third-order valence-electron chi connectivity index (χ3n) is 4.23. The van der Waals surface area contributed by atoms with E-state index in [1.54, 1.807) is 12.3 Å². The van der Waals surface area contributed by atoms with Crippen LogP contribution in [0.1, 0.15) is 31.2 Å². The van der Waals surface area contributed by atoms with Crippen LogP contribution in [0.5, 0.6) is 0 Å². The van der Waals surface area contributed by atoms with Crippen LogP contribution in [0.3, 0.4) is 0 Å². The van der Waals surface area contributed by atoms with Gasteiger partial charge in [-0.25, -0.2) is 4.98 Å². The Labute approximate surface area is 108 Å². The first-order valence-electron chi connectivity index (χ1n) is 6.61. The molecule has 18 heavy (non-hydrogen) atoms. The van der Waals surface area contributed by atoms with Crippen molar-refractivity contribution >= 4 is 5.82 Å². The predicted molar refractivity (Wildman–Crippen MR) is 70.3 cm³/mol. The van der Waals surface area contributed by atoms with Gasteiger partial charge < -0.3 is 10.2 Å². The Kier molecular flexibility index (Phi) is 2.92. The molecule has 0 spiro atoms. The van der Waals surface area contributed by atoms with E-state index in [0.29, 0.717) is 23.7 Å². The SMILES string of the molecule is CN(c1cc(C#N)ccn1)C1CC2CCC(C1)N2. The summed E-state index contributed by atoms with van der Waals surface area (Å²) >= 11 is 0. The summed E-state index contributed by atoms with van der Waals surface area (Å²) in [5.74, 6) is 0.917. The minimum atomic E-state index is 0.546. The summed E-state index contributed by atoms with van der Waals surface area (Å²) in [6.07, 6.45) is 6.71. The lowest BCUT2D eigenvalue weighted by molar-refractivity contribution is 0.354. The molecule has 4 heteroatoms. The molecule has 4 nitrogen and oxygen atoms in total. The number of anilines is 1. The second kappa shape index (κ2) is 4.58. The topological polar surface area (TPSA) is 52.0 Å². The van der Waals surface area contributed by atoms with E-state index in [4.69, 9.17) is 5.26 Å². The van der Waals surface area contributed by atoms with Crippen LogP contribution in [0, 0.1) is 11.3 Å². The average Bonchev–Trinajstić information content (AvgIpc) is 2.76. The van der Waals surface area contributed by atoms with E-state index in [0.717, 1.165) is 5.82 Å². The minimum Gasteiger partial charge on any atom is -0.357 e. The fourth-order valence-electron chi connectivity index (χ4n) is 3.21. The smallest absolute Gasteiger partial charge is 0.129 e. The van der Waals surface area contributed by atoms with Crippen LogP contribution >= 0.6 is 0 Å². The van der Waals surface area contributed by atoms with Gasteiger partial charge in [0, 0.05) is 31.4 Å². The van der Waals surface area contributed by atoms with E-state index in [2.05, 4.69) is 28.3 Å². The standard InChI is InChI=1S/C14H18N4/c1-18(14-6-10(9-15)4-5-16-14)13-7-11-2-3-12(8-13)17-11/h4-6,11-13,17H,2-3,7-8H2,1H3. The third kappa shape index (κ3) is 2.06. The molecule has 2 aliphatic rings. The second-order valence-corrected chi connectivity index (χ2v) is 5.39. The van der Waals surface area contributed by atoms with Crippen molar-refractivity contribution in [3.63, 3.8) is 0 Å². The first-order chi connectivity index (χ1) is 8.76. The maximum absolute atomic E-state index is 8.94. The summed E-state index contributed by atoms with van der Waals surface area (Å²) < 4.78 is 0. The van der Waals surface area contributed by atoms with Crippen LogP contribution < -0.4 is 10.2 Å². The molecule has 0 radical (unpaired) electrons. The van der Waals surface area contributed by atoms with Crippen LogP contribution in [-0.4, -0.2) is 30.2 Å². The molecule has 2 bridgehead atoms. The van der Waals surface area contributed by atoms with Gasteiger partial charge in [0.25, 0.3) is 0 Å². The lowest BCUT2D eigenvalue weighted by Gasteiger charge is -2.36. The first-order valence-corrected chi connectivity index (χ1v) is 6.61. The number of hydrogen-bond donors (Lipinski definition) is 1. The van der Waals surface area contributed by atoms with Crippen molar-refractivity contribution in [2.24, 2.45) is 0 Å². The number of pyridine rings is 1. The van der Waals surface area contributed by atoms with Gasteiger partial charge in [0.2, 0.25) is 0 Å². The fourth-order valence-corrected chi connectivity index (χ4v) is 3.21. The highest BCUT2D eigenvalue weighted by Gasteiger charge is 2.35. The summed E-state index contributed by atoms with van der Waals surface area (Å²) in [5.41, 5.74) is 0.684. The third-order valence-corrected chi connectivity index (χ3v) is 4.23. The zero-order valence-electron chi connectivity index (χ0n) is 10.6. The summed E-state index contributed by atoms with van der Waals surface area (Å²) in [5, 5.41) is 12.6. The number of rotatable bonds is 2. The Hall–Kier alpha value is -1.60. The molecule has 0 saturated carbocycles. The van der Waals surface area contributed by atoms with Crippen molar-refractivity contribution < 1.29 is 0 Å². The van der Waals surface area contributed by atoms with Gasteiger partial charge in [-0.1, -0.05) is 0 Å². The molecular weight excluding hydrogens is 224 g/mol. The van der Waals surface area contributed by atoms with E-state index in [9.17, 15) is 0 Å². The molecule has 0 aromatic carbocycles. The molecule has 2 atom stereocenters. The van der Waals surface area contributed by atoms with E-state index < -0.39 is 0 Å². The monoisotopic (exact) mass is 242 g/mol. The molecule has 2 saturated heterocycles. The molecule has 3 rings (SSSR count). The molecule has 0 amide bonds. The largest absolute Gasteiger partial charge is 0.357 e. The van der Waals surface area contributed by atoms with Crippen LogP contribution in [0.25, 0.3) is 0 Å². The zero-order valence-corrected chi connectivity index (χ0v) is 10.6. The van der Waals surface area contributed by atoms with Crippen molar-refractivity contribution in [1.82, 2.24) is 10.3 Å². The fraction of sp³-hybridized carbons (Fsp3) is 0.571. The Morgan fingerprint density at radius 1 is 1.39 bits per heavy atom. The molecule has 1 aromatic heterocycles. The van der Waals surface area contributed by atoms with Crippen LogP contribution in [0.4, 0.5) is 5.82 Å². The van der Waals surface area contributed by atoms with Gasteiger partial charge in [-0.05, 0) is 37.8 Å². The highest BCUT2D eigenvalue weighted by Crippen LogP contribution is 2.30. The number of fused-ring (bicyclic) bond motifs is 2. The van der Waals surface area contributed by atoms with Crippen molar-refractivity contribution in [3.8, 4) is 6.07 Å². The van der Waals surface area contributed by atoms with Crippen LogP contribution in [-0.2, 0) is 0 Å².